The van der Waals surface area contributed by atoms with Crippen LogP contribution in [0.2, 0.25) is 0 Å². The van der Waals surface area contributed by atoms with Gasteiger partial charge in [-0.2, -0.15) is 0 Å². The Balaban J connectivity index is 1.81. The topological polar surface area (TPSA) is 67.4 Å². The molecule has 0 bridgehead atoms. The highest BCUT2D eigenvalue weighted by molar-refractivity contribution is 14.1. The summed E-state index contributed by atoms with van der Waals surface area (Å²) >= 11 is 2.09. The van der Waals surface area contributed by atoms with Crippen molar-refractivity contribution < 1.29 is 14.3 Å². The van der Waals surface area contributed by atoms with Gasteiger partial charge in [0.1, 0.15) is 5.75 Å². The minimum atomic E-state index is -0.362. The lowest BCUT2D eigenvalue weighted by atomic mass is 10.1. The Morgan fingerprint density at radius 3 is 2.48 bits per heavy atom. The van der Waals surface area contributed by atoms with E-state index in [4.69, 9.17) is 4.74 Å². The van der Waals surface area contributed by atoms with E-state index in [1.54, 1.807) is 25.3 Å². The zero-order valence-electron chi connectivity index (χ0n) is 12.6. The lowest BCUT2D eigenvalue weighted by Crippen LogP contribution is -2.41. The summed E-state index contributed by atoms with van der Waals surface area (Å²) in [4.78, 5) is 23.8. The molecule has 0 unspecified atom stereocenters. The van der Waals surface area contributed by atoms with Crippen LogP contribution in [0, 0.1) is 3.57 Å². The molecule has 0 aliphatic carbocycles. The van der Waals surface area contributed by atoms with Gasteiger partial charge in [0.2, 0.25) is 5.91 Å². The maximum atomic E-state index is 12.0. The van der Waals surface area contributed by atoms with Crippen LogP contribution in [0.3, 0.4) is 0 Å². The number of rotatable bonds is 5. The molecule has 0 saturated carbocycles. The molecule has 2 N–H and O–H groups in total. The van der Waals surface area contributed by atoms with Crippen molar-refractivity contribution in [2.75, 3.05) is 7.11 Å². The van der Waals surface area contributed by atoms with Crippen molar-refractivity contribution in [3.63, 3.8) is 0 Å². The third-order valence-corrected chi connectivity index (χ3v) is 4.06. The van der Waals surface area contributed by atoms with E-state index in [0.717, 1.165) is 9.13 Å². The summed E-state index contributed by atoms with van der Waals surface area (Å²) < 4.78 is 5.97. The molecular formula is C17H17IN2O3. The molecule has 0 aliphatic rings. The van der Waals surface area contributed by atoms with E-state index in [0.29, 0.717) is 24.2 Å². The number of benzene rings is 2. The molecule has 0 heterocycles. The van der Waals surface area contributed by atoms with Gasteiger partial charge in [-0.25, -0.2) is 0 Å². The molecule has 0 saturated heterocycles. The first kappa shape index (κ1) is 17.3. The normalized spacial score (nSPS) is 10.0. The van der Waals surface area contributed by atoms with Crippen LogP contribution in [-0.4, -0.2) is 18.9 Å². The number of carbonyl (C=O) groups excluding carboxylic acids is 2. The maximum absolute atomic E-state index is 12.0. The first-order chi connectivity index (χ1) is 11.1. The van der Waals surface area contributed by atoms with Crippen LogP contribution in [0.5, 0.6) is 5.75 Å². The summed E-state index contributed by atoms with van der Waals surface area (Å²) in [5.74, 6) is 0.109. The van der Waals surface area contributed by atoms with Gasteiger partial charge in [-0.1, -0.05) is 30.3 Å². The van der Waals surface area contributed by atoms with Crippen molar-refractivity contribution in [1.29, 1.82) is 0 Å². The Hall–Kier alpha value is -2.09. The quantitative estimate of drug-likeness (QED) is 0.573. The number of amides is 2. The van der Waals surface area contributed by atoms with Gasteiger partial charge in [-0.05, 0) is 52.8 Å². The lowest BCUT2D eigenvalue weighted by Gasteiger charge is -2.09. The number of hydrogen-bond acceptors (Lipinski definition) is 3. The molecule has 0 atom stereocenters. The molecular weight excluding hydrogens is 407 g/mol. The van der Waals surface area contributed by atoms with Crippen LogP contribution in [0.25, 0.3) is 0 Å². The molecule has 2 aromatic carbocycles. The molecule has 0 radical (unpaired) electrons. The Labute approximate surface area is 148 Å². The number of hydrogen-bond donors (Lipinski definition) is 2. The summed E-state index contributed by atoms with van der Waals surface area (Å²) in [5.41, 5.74) is 6.38. The Bertz CT molecular complexity index is 689. The van der Waals surface area contributed by atoms with Crippen LogP contribution < -0.4 is 15.6 Å². The monoisotopic (exact) mass is 424 g/mol. The summed E-state index contributed by atoms with van der Waals surface area (Å²) in [5, 5.41) is 0. The molecule has 0 fully saturated rings. The number of halogens is 1. The summed E-state index contributed by atoms with van der Waals surface area (Å²) in [7, 11) is 1.57. The standard InChI is InChI=1S/C17H17IN2O3/c1-23-15-9-8-13(11-14(15)18)17(22)20-19-16(21)10-7-12-5-3-2-4-6-12/h2-6,8-9,11H,7,10H2,1H3,(H,19,21)(H,20,22). The van der Waals surface area contributed by atoms with Gasteiger partial charge in [0.25, 0.3) is 5.91 Å². The van der Waals surface area contributed by atoms with E-state index in [1.165, 1.54) is 0 Å². The summed E-state index contributed by atoms with van der Waals surface area (Å²) in [6.07, 6.45) is 0.938. The fourth-order valence-corrected chi connectivity index (χ4v) is 2.71. The SMILES string of the molecule is COc1ccc(C(=O)NNC(=O)CCc2ccccc2)cc1I. The van der Waals surface area contributed by atoms with E-state index >= 15 is 0 Å². The second-order valence-electron chi connectivity index (χ2n) is 4.84. The molecule has 120 valence electrons. The Morgan fingerprint density at radius 2 is 1.83 bits per heavy atom. The minimum Gasteiger partial charge on any atom is -0.496 e. The number of nitrogens with one attached hydrogen (secondary N) is 2. The van der Waals surface area contributed by atoms with Crippen molar-refractivity contribution in [2.24, 2.45) is 0 Å². The van der Waals surface area contributed by atoms with Crippen molar-refractivity contribution in [3.05, 3.63) is 63.2 Å². The third kappa shape index (κ3) is 5.24. The molecule has 0 spiro atoms. The van der Waals surface area contributed by atoms with Gasteiger partial charge in [0, 0.05) is 12.0 Å². The Morgan fingerprint density at radius 1 is 1.09 bits per heavy atom. The Kier molecular flexibility index (Phi) is 6.40. The number of carbonyl (C=O) groups is 2. The van der Waals surface area contributed by atoms with Gasteiger partial charge in [-0.3, -0.25) is 20.4 Å². The predicted molar refractivity (Wildman–Crippen MR) is 96.1 cm³/mol. The van der Waals surface area contributed by atoms with Crippen molar-refractivity contribution >= 4 is 34.4 Å². The maximum Gasteiger partial charge on any atom is 0.269 e. The largest absolute Gasteiger partial charge is 0.496 e. The van der Waals surface area contributed by atoms with Crippen LogP contribution >= 0.6 is 22.6 Å². The van der Waals surface area contributed by atoms with E-state index in [9.17, 15) is 9.59 Å². The molecule has 2 aromatic rings. The van der Waals surface area contributed by atoms with E-state index in [-0.39, 0.29) is 11.8 Å². The van der Waals surface area contributed by atoms with E-state index in [2.05, 4.69) is 33.4 Å². The zero-order chi connectivity index (χ0) is 16.7. The smallest absolute Gasteiger partial charge is 0.269 e. The molecule has 5 nitrogen and oxygen atoms in total. The van der Waals surface area contributed by atoms with Gasteiger partial charge in [0.05, 0.1) is 10.7 Å². The zero-order valence-corrected chi connectivity index (χ0v) is 14.8. The van der Waals surface area contributed by atoms with Crippen LogP contribution in [-0.2, 0) is 11.2 Å². The second kappa shape index (κ2) is 8.52. The first-order valence-corrected chi connectivity index (χ1v) is 8.14. The van der Waals surface area contributed by atoms with Crippen molar-refractivity contribution in [1.82, 2.24) is 10.9 Å². The number of methoxy groups -OCH3 is 1. The van der Waals surface area contributed by atoms with Crippen molar-refractivity contribution in [3.8, 4) is 5.75 Å². The van der Waals surface area contributed by atoms with Gasteiger partial charge in [-0.15, -0.1) is 0 Å². The van der Waals surface area contributed by atoms with E-state index in [1.807, 2.05) is 30.3 Å². The number of aryl methyl sites for hydroxylation is 1. The highest BCUT2D eigenvalue weighted by Gasteiger charge is 2.10. The first-order valence-electron chi connectivity index (χ1n) is 7.07. The molecule has 23 heavy (non-hydrogen) atoms. The van der Waals surface area contributed by atoms with E-state index < -0.39 is 0 Å². The molecule has 0 aromatic heterocycles. The van der Waals surface area contributed by atoms with Crippen LogP contribution in [0.15, 0.2) is 48.5 Å². The highest BCUT2D eigenvalue weighted by atomic mass is 127. The molecule has 0 aliphatic heterocycles. The second-order valence-corrected chi connectivity index (χ2v) is 6.00. The average molecular weight is 424 g/mol. The summed E-state index contributed by atoms with van der Waals surface area (Å²) in [6, 6.07) is 14.8. The lowest BCUT2D eigenvalue weighted by molar-refractivity contribution is -0.121. The summed E-state index contributed by atoms with van der Waals surface area (Å²) in [6.45, 7) is 0. The number of ether oxygens (including phenoxy) is 1. The van der Waals surface area contributed by atoms with Gasteiger partial charge in [0.15, 0.2) is 0 Å². The van der Waals surface area contributed by atoms with Crippen LogP contribution in [0.4, 0.5) is 0 Å². The third-order valence-electron chi connectivity index (χ3n) is 3.21. The predicted octanol–water partition coefficient (Wildman–Crippen LogP) is 2.69. The van der Waals surface area contributed by atoms with Gasteiger partial charge >= 0.3 is 0 Å². The van der Waals surface area contributed by atoms with Crippen LogP contribution in [0.1, 0.15) is 22.3 Å². The van der Waals surface area contributed by atoms with Crippen molar-refractivity contribution in [2.45, 2.75) is 12.8 Å². The fourth-order valence-electron chi connectivity index (χ4n) is 1.97. The fraction of sp³-hybridized carbons (Fsp3) is 0.176. The molecule has 2 rings (SSSR count). The molecule has 6 heteroatoms. The average Bonchev–Trinajstić information content (AvgIpc) is 2.58. The highest BCUT2D eigenvalue weighted by Crippen LogP contribution is 2.21. The minimum absolute atomic E-state index is 0.231. The van der Waals surface area contributed by atoms with Gasteiger partial charge < -0.3 is 4.74 Å². The number of hydrazine groups is 1. The molecule has 2 amide bonds.